The molecule has 1 atom stereocenters. The second kappa shape index (κ2) is 5.38. The van der Waals surface area contributed by atoms with Crippen LogP contribution in [-0.2, 0) is 9.53 Å². The van der Waals surface area contributed by atoms with Gasteiger partial charge in [-0.3, -0.25) is 0 Å². The van der Waals surface area contributed by atoms with E-state index in [4.69, 9.17) is 22.1 Å². The van der Waals surface area contributed by atoms with Gasteiger partial charge < -0.3 is 10.5 Å². The molecule has 1 aromatic rings. The Morgan fingerprint density at radius 3 is 2.53 bits per heavy atom. The highest BCUT2D eigenvalue weighted by Gasteiger charge is 2.23. The van der Waals surface area contributed by atoms with Gasteiger partial charge in [-0.15, -0.1) is 0 Å². The molecular weight excluding hydrogens is 305 g/mol. The molecule has 1 unspecified atom stereocenters. The number of carbonyl (C=O) groups excluding carboxylic acids is 1. The van der Waals surface area contributed by atoms with E-state index in [9.17, 15) is 4.79 Å². The SMILES string of the molecule is CC(C)(C)OC(=O)C(N)c1ccc(Br)c(Cl)c1. The lowest BCUT2D eigenvalue weighted by molar-refractivity contribution is -0.156. The van der Waals surface area contributed by atoms with E-state index in [-0.39, 0.29) is 0 Å². The van der Waals surface area contributed by atoms with Crippen molar-refractivity contribution >= 4 is 33.5 Å². The zero-order valence-corrected chi connectivity index (χ0v) is 12.3. The summed E-state index contributed by atoms with van der Waals surface area (Å²) in [6.45, 7) is 5.39. The summed E-state index contributed by atoms with van der Waals surface area (Å²) >= 11 is 9.22. The maximum atomic E-state index is 11.8. The van der Waals surface area contributed by atoms with E-state index in [0.717, 1.165) is 4.47 Å². The van der Waals surface area contributed by atoms with Gasteiger partial charge in [-0.1, -0.05) is 17.7 Å². The smallest absolute Gasteiger partial charge is 0.328 e. The first-order chi connectivity index (χ1) is 7.70. The highest BCUT2D eigenvalue weighted by molar-refractivity contribution is 9.10. The number of halogens is 2. The Hall–Kier alpha value is -0.580. The zero-order chi connectivity index (χ0) is 13.2. The lowest BCUT2D eigenvalue weighted by atomic mass is 10.1. The van der Waals surface area contributed by atoms with Gasteiger partial charge in [0.05, 0.1) is 5.02 Å². The molecule has 0 fully saturated rings. The molecule has 94 valence electrons. The molecule has 1 rings (SSSR count). The van der Waals surface area contributed by atoms with Crippen LogP contribution in [-0.4, -0.2) is 11.6 Å². The summed E-state index contributed by atoms with van der Waals surface area (Å²) in [6.07, 6.45) is 0. The highest BCUT2D eigenvalue weighted by Crippen LogP contribution is 2.26. The summed E-state index contributed by atoms with van der Waals surface area (Å²) in [5.74, 6) is -0.462. The van der Waals surface area contributed by atoms with Crippen LogP contribution in [0.3, 0.4) is 0 Å². The van der Waals surface area contributed by atoms with Gasteiger partial charge in [0.2, 0.25) is 0 Å². The Labute approximate surface area is 114 Å². The fourth-order valence-corrected chi connectivity index (χ4v) is 1.64. The predicted octanol–water partition coefficient (Wildman–Crippen LogP) is 3.44. The maximum Gasteiger partial charge on any atom is 0.328 e. The van der Waals surface area contributed by atoms with Crippen LogP contribution in [0.2, 0.25) is 5.02 Å². The van der Waals surface area contributed by atoms with Gasteiger partial charge in [0.1, 0.15) is 11.6 Å². The van der Waals surface area contributed by atoms with Crippen molar-refractivity contribution in [3.05, 3.63) is 33.3 Å². The van der Waals surface area contributed by atoms with Crippen LogP contribution >= 0.6 is 27.5 Å². The van der Waals surface area contributed by atoms with Crippen LogP contribution < -0.4 is 5.73 Å². The molecule has 0 saturated carbocycles. The molecule has 0 radical (unpaired) electrons. The van der Waals surface area contributed by atoms with Crippen molar-refractivity contribution in [1.29, 1.82) is 0 Å². The average Bonchev–Trinajstić information content (AvgIpc) is 2.18. The molecule has 0 amide bonds. The monoisotopic (exact) mass is 319 g/mol. The summed E-state index contributed by atoms with van der Waals surface area (Å²) in [5, 5.41) is 0.515. The molecule has 0 heterocycles. The molecule has 0 aromatic heterocycles. The number of hydrogen-bond donors (Lipinski definition) is 1. The number of esters is 1. The Bertz CT molecular complexity index is 429. The van der Waals surface area contributed by atoms with E-state index in [1.165, 1.54) is 0 Å². The summed E-state index contributed by atoms with van der Waals surface area (Å²) < 4.78 is 5.97. The lowest BCUT2D eigenvalue weighted by Gasteiger charge is -2.22. The molecule has 1 aromatic carbocycles. The first-order valence-electron chi connectivity index (χ1n) is 5.14. The Kier molecular flexibility index (Phi) is 4.58. The molecule has 2 N–H and O–H groups in total. The van der Waals surface area contributed by atoms with Crippen molar-refractivity contribution in [1.82, 2.24) is 0 Å². The van der Waals surface area contributed by atoms with Crippen molar-refractivity contribution < 1.29 is 9.53 Å². The minimum Gasteiger partial charge on any atom is -0.459 e. The van der Waals surface area contributed by atoms with Gasteiger partial charge in [-0.2, -0.15) is 0 Å². The molecule has 0 saturated heterocycles. The predicted molar refractivity (Wildman–Crippen MR) is 71.9 cm³/mol. The molecule has 0 aliphatic rings. The second-order valence-corrected chi connectivity index (χ2v) is 5.95. The second-order valence-electron chi connectivity index (χ2n) is 4.68. The van der Waals surface area contributed by atoms with E-state index >= 15 is 0 Å². The van der Waals surface area contributed by atoms with Crippen LogP contribution in [0.1, 0.15) is 32.4 Å². The van der Waals surface area contributed by atoms with Gasteiger partial charge in [-0.05, 0) is 54.4 Å². The molecular formula is C12H15BrClNO2. The third-order valence-corrected chi connectivity index (χ3v) is 3.20. The van der Waals surface area contributed by atoms with Gasteiger partial charge in [0.25, 0.3) is 0 Å². The maximum absolute atomic E-state index is 11.8. The first-order valence-corrected chi connectivity index (χ1v) is 6.31. The topological polar surface area (TPSA) is 52.3 Å². The summed E-state index contributed by atoms with van der Waals surface area (Å²) in [6, 6.07) is 4.33. The largest absolute Gasteiger partial charge is 0.459 e. The van der Waals surface area contributed by atoms with Crippen molar-refractivity contribution in [2.45, 2.75) is 32.4 Å². The van der Waals surface area contributed by atoms with Gasteiger partial charge in [0.15, 0.2) is 0 Å². The fraction of sp³-hybridized carbons (Fsp3) is 0.417. The van der Waals surface area contributed by atoms with Crippen molar-refractivity contribution in [3.8, 4) is 0 Å². The summed E-state index contributed by atoms with van der Waals surface area (Å²) in [7, 11) is 0. The lowest BCUT2D eigenvalue weighted by Crippen LogP contribution is -2.31. The minimum absolute atomic E-state index is 0.462. The minimum atomic E-state index is -0.820. The normalized spacial score (nSPS) is 13.3. The number of nitrogens with two attached hydrogens (primary N) is 1. The third kappa shape index (κ3) is 4.30. The molecule has 0 bridgehead atoms. The van der Waals surface area contributed by atoms with Crippen molar-refractivity contribution in [3.63, 3.8) is 0 Å². The Balaban J connectivity index is 2.85. The van der Waals surface area contributed by atoms with E-state index in [0.29, 0.717) is 10.6 Å². The van der Waals surface area contributed by atoms with Crippen LogP contribution in [0.4, 0.5) is 0 Å². The zero-order valence-electron chi connectivity index (χ0n) is 9.96. The number of hydrogen-bond acceptors (Lipinski definition) is 3. The number of benzene rings is 1. The van der Waals surface area contributed by atoms with E-state index in [1.807, 2.05) is 0 Å². The molecule has 5 heteroatoms. The number of carbonyl (C=O) groups is 1. The van der Waals surface area contributed by atoms with Gasteiger partial charge >= 0.3 is 5.97 Å². The van der Waals surface area contributed by atoms with Crippen molar-refractivity contribution in [2.24, 2.45) is 5.73 Å². The Morgan fingerprint density at radius 1 is 1.47 bits per heavy atom. The standard InChI is InChI=1S/C12H15BrClNO2/c1-12(2,3)17-11(16)10(15)7-4-5-8(13)9(14)6-7/h4-6,10H,15H2,1-3H3. The molecule has 0 aliphatic carbocycles. The van der Waals surface area contributed by atoms with Gasteiger partial charge in [0, 0.05) is 4.47 Å². The molecule has 17 heavy (non-hydrogen) atoms. The van der Waals surface area contributed by atoms with E-state index in [1.54, 1.807) is 39.0 Å². The van der Waals surface area contributed by atoms with Crippen LogP contribution in [0.5, 0.6) is 0 Å². The van der Waals surface area contributed by atoms with Crippen LogP contribution in [0.15, 0.2) is 22.7 Å². The van der Waals surface area contributed by atoms with Crippen LogP contribution in [0, 0.1) is 0 Å². The highest BCUT2D eigenvalue weighted by atomic mass is 79.9. The van der Waals surface area contributed by atoms with Gasteiger partial charge in [-0.25, -0.2) is 4.79 Å². The summed E-state index contributed by atoms with van der Waals surface area (Å²) in [4.78, 5) is 11.8. The number of rotatable bonds is 2. The fourth-order valence-electron chi connectivity index (χ4n) is 1.21. The first kappa shape index (κ1) is 14.5. The van der Waals surface area contributed by atoms with E-state index < -0.39 is 17.6 Å². The van der Waals surface area contributed by atoms with E-state index in [2.05, 4.69) is 15.9 Å². The average molecular weight is 321 g/mol. The quantitative estimate of drug-likeness (QED) is 0.849. The van der Waals surface area contributed by atoms with Crippen molar-refractivity contribution in [2.75, 3.05) is 0 Å². The molecule has 0 spiro atoms. The Morgan fingerprint density at radius 2 is 2.06 bits per heavy atom. The summed E-state index contributed by atoms with van der Waals surface area (Å²) in [5.41, 5.74) is 5.90. The molecule has 3 nitrogen and oxygen atoms in total. The number of ether oxygens (including phenoxy) is 1. The van der Waals surface area contributed by atoms with Crippen LogP contribution in [0.25, 0.3) is 0 Å². The third-order valence-electron chi connectivity index (χ3n) is 1.96. The molecule has 0 aliphatic heterocycles.